The highest BCUT2D eigenvalue weighted by atomic mass is 19.1. The van der Waals surface area contributed by atoms with E-state index in [0.717, 1.165) is 5.56 Å². The molecule has 9 nitrogen and oxygen atoms in total. The van der Waals surface area contributed by atoms with Gasteiger partial charge in [-0.3, -0.25) is 19.3 Å². The number of halogens is 1. The first kappa shape index (κ1) is 28.9. The highest BCUT2D eigenvalue weighted by Gasteiger charge is 2.35. The number of benzene rings is 2. The highest BCUT2D eigenvalue weighted by molar-refractivity contribution is 6.43. The second kappa shape index (κ2) is 11.6. The number of carbonyl (C=O) groups excluding carboxylic acids is 4. The number of rotatable bonds is 6. The van der Waals surface area contributed by atoms with Crippen LogP contribution in [0.15, 0.2) is 42.5 Å². The number of amides is 2. The molecule has 2 unspecified atom stereocenters. The van der Waals surface area contributed by atoms with Crippen molar-refractivity contribution in [1.82, 2.24) is 19.3 Å². The number of nitrogens with zero attached hydrogens (tertiary/aromatic N) is 4. The number of carbonyl (C=O) groups is 4. The fraction of sp³-hybridized carbons (Fsp3) is 0.400. The minimum atomic E-state index is -0.705. The quantitative estimate of drug-likeness (QED) is 0.339. The fourth-order valence-corrected chi connectivity index (χ4v) is 5.25. The van der Waals surface area contributed by atoms with Crippen LogP contribution in [0.5, 0.6) is 0 Å². The summed E-state index contributed by atoms with van der Waals surface area (Å²) in [6, 6.07) is 10.8. The Morgan fingerprint density at radius 1 is 1.00 bits per heavy atom. The zero-order valence-electron chi connectivity index (χ0n) is 23.7. The van der Waals surface area contributed by atoms with Crippen molar-refractivity contribution in [3.05, 3.63) is 70.7 Å². The molecule has 0 N–H and O–H groups in total. The third-order valence-corrected chi connectivity index (χ3v) is 7.41. The van der Waals surface area contributed by atoms with Gasteiger partial charge in [0.05, 0.1) is 17.7 Å². The standard InChI is InChI=1S/C30H35FN4O5/c1-7-40-30(39)35-20(4)26(24-14-22(10-13-25(24)35)27(36)29(38)32(5)6)28(37)34-16-18(2)33(15-19(34)3)17-21-8-11-23(31)12-9-21/h8-14,18-19H,7,15-17H2,1-6H3. The number of fused-ring (bicyclic) bond motifs is 1. The predicted octanol–water partition coefficient (Wildman–Crippen LogP) is 4.10. The van der Waals surface area contributed by atoms with Gasteiger partial charge in [0, 0.05) is 62.5 Å². The highest BCUT2D eigenvalue weighted by Crippen LogP contribution is 2.31. The molecule has 1 saturated heterocycles. The van der Waals surface area contributed by atoms with E-state index in [9.17, 15) is 23.6 Å². The van der Waals surface area contributed by atoms with Crippen molar-refractivity contribution in [1.29, 1.82) is 0 Å². The van der Waals surface area contributed by atoms with Crippen LogP contribution in [0.2, 0.25) is 0 Å². The zero-order chi connectivity index (χ0) is 29.3. The van der Waals surface area contributed by atoms with Crippen molar-refractivity contribution in [2.75, 3.05) is 33.8 Å². The Morgan fingerprint density at radius 3 is 2.30 bits per heavy atom. The minimum absolute atomic E-state index is 0.0127. The van der Waals surface area contributed by atoms with Crippen LogP contribution in [0.3, 0.4) is 0 Å². The van der Waals surface area contributed by atoms with E-state index in [1.165, 1.54) is 47.8 Å². The van der Waals surface area contributed by atoms with E-state index in [4.69, 9.17) is 4.74 Å². The first-order valence-electron chi connectivity index (χ1n) is 13.3. The topological polar surface area (TPSA) is 92.2 Å². The van der Waals surface area contributed by atoms with Crippen LogP contribution in [-0.2, 0) is 16.1 Å². The molecule has 0 aliphatic carbocycles. The fourth-order valence-electron chi connectivity index (χ4n) is 5.25. The summed E-state index contributed by atoms with van der Waals surface area (Å²) in [6.07, 6.45) is -0.627. The SMILES string of the molecule is CCOC(=O)n1c(C)c(C(=O)N2CC(C)N(Cc3ccc(F)cc3)CC2C)c2cc(C(=O)C(=O)N(C)C)ccc21. The monoisotopic (exact) mass is 550 g/mol. The number of Topliss-reactive ketones (excluding diaryl/α,β-unsaturated/α-hetero) is 1. The third kappa shape index (κ3) is 5.49. The van der Waals surface area contributed by atoms with Crippen molar-refractivity contribution < 1.29 is 28.3 Å². The van der Waals surface area contributed by atoms with Crippen molar-refractivity contribution in [3.63, 3.8) is 0 Å². The van der Waals surface area contributed by atoms with E-state index in [0.29, 0.717) is 41.8 Å². The average molecular weight is 551 g/mol. The Kier molecular flexibility index (Phi) is 8.39. The van der Waals surface area contributed by atoms with Crippen LogP contribution < -0.4 is 0 Å². The number of piperazine rings is 1. The van der Waals surface area contributed by atoms with Crippen LogP contribution in [0.4, 0.5) is 9.18 Å². The van der Waals surface area contributed by atoms with Gasteiger partial charge in [-0.05, 0) is 63.6 Å². The molecule has 2 atom stereocenters. The molecule has 2 heterocycles. The van der Waals surface area contributed by atoms with Crippen LogP contribution in [0.25, 0.3) is 10.9 Å². The lowest BCUT2D eigenvalue weighted by molar-refractivity contribution is -0.124. The zero-order valence-corrected chi connectivity index (χ0v) is 23.7. The summed E-state index contributed by atoms with van der Waals surface area (Å²) in [5.41, 5.74) is 2.23. The Hall–Kier alpha value is -4.05. The van der Waals surface area contributed by atoms with Gasteiger partial charge in [0.15, 0.2) is 0 Å². The average Bonchev–Trinajstić information content (AvgIpc) is 3.21. The Balaban J connectivity index is 1.71. The molecule has 10 heteroatoms. The normalized spacial score (nSPS) is 17.6. The number of ether oxygens (including phenoxy) is 1. The maximum absolute atomic E-state index is 14.2. The van der Waals surface area contributed by atoms with Gasteiger partial charge in [0.1, 0.15) is 5.82 Å². The molecule has 1 aromatic heterocycles. The maximum Gasteiger partial charge on any atom is 0.418 e. The number of ketones is 1. The molecule has 2 aromatic carbocycles. The van der Waals surface area contributed by atoms with Gasteiger partial charge in [-0.25, -0.2) is 13.8 Å². The van der Waals surface area contributed by atoms with Crippen LogP contribution in [-0.4, -0.2) is 88.8 Å². The lowest BCUT2D eigenvalue weighted by Crippen LogP contribution is -2.57. The number of likely N-dealkylation sites (N-methyl/N-ethyl adjacent to an activating group) is 1. The molecule has 1 aliphatic heterocycles. The van der Waals surface area contributed by atoms with Gasteiger partial charge in [-0.15, -0.1) is 0 Å². The predicted molar refractivity (Wildman–Crippen MR) is 149 cm³/mol. The maximum atomic E-state index is 14.2. The lowest BCUT2D eigenvalue weighted by Gasteiger charge is -2.44. The smallest absolute Gasteiger partial charge is 0.418 e. The molecule has 0 bridgehead atoms. The van der Waals surface area contributed by atoms with Gasteiger partial charge in [0.25, 0.3) is 11.8 Å². The Labute approximate surface area is 233 Å². The molecule has 40 heavy (non-hydrogen) atoms. The van der Waals surface area contributed by atoms with E-state index in [1.807, 2.05) is 13.8 Å². The number of aromatic nitrogens is 1. The summed E-state index contributed by atoms with van der Waals surface area (Å²) < 4.78 is 20.0. The molecule has 1 aliphatic rings. The summed E-state index contributed by atoms with van der Waals surface area (Å²) in [5.74, 6) is -1.94. The third-order valence-electron chi connectivity index (χ3n) is 7.41. The van der Waals surface area contributed by atoms with Gasteiger partial charge in [-0.1, -0.05) is 12.1 Å². The molecule has 0 spiro atoms. The molecule has 0 radical (unpaired) electrons. The Morgan fingerprint density at radius 2 is 1.68 bits per heavy atom. The summed E-state index contributed by atoms with van der Waals surface area (Å²) in [4.78, 5) is 57.5. The van der Waals surface area contributed by atoms with Crippen LogP contribution in [0, 0.1) is 12.7 Å². The second-order valence-corrected chi connectivity index (χ2v) is 10.5. The minimum Gasteiger partial charge on any atom is -0.449 e. The Bertz CT molecular complexity index is 1460. The lowest BCUT2D eigenvalue weighted by atomic mass is 10.0. The van der Waals surface area contributed by atoms with Crippen molar-refractivity contribution in [3.8, 4) is 0 Å². The molecular weight excluding hydrogens is 515 g/mol. The van der Waals surface area contributed by atoms with Gasteiger partial charge >= 0.3 is 6.09 Å². The largest absolute Gasteiger partial charge is 0.449 e. The molecule has 2 amide bonds. The second-order valence-electron chi connectivity index (χ2n) is 10.5. The van der Waals surface area contributed by atoms with E-state index in [1.54, 1.807) is 36.9 Å². The number of hydrogen-bond donors (Lipinski definition) is 0. The molecule has 4 rings (SSSR count). The van der Waals surface area contributed by atoms with E-state index < -0.39 is 17.8 Å². The summed E-state index contributed by atoms with van der Waals surface area (Å²) in [6.45, 7) is 9.18. The molecular formula is C30H35FN4O5. The molecule has 3 aromatic rings. The van der Waals surface area contributed by atoms with Gasteiger partial charge in [-0.2, -0.15) is 0 Å². The number of hydrogen-bond acceptors (Lipinski definition) is 6. The molecule has 1 fully saturated rings. The molecule has 212 valence electrons. The summed E-state index contributed by atoms with van der Waals surface area (Å²) in [5, 5.41) is 0.404. The van der Waals surface area contributed by atoms with Crippen molar-refractivity contribution >= 4 is 34.6 Å². The van der Waals surface area contributed by atoms with Gasteiger partial charge < -0.3 is 14.5 Å². The van der Waals surface area contributed by atoms with Crippen molar-refractivity contribution in [2.45, 2.75) is 46.3 Å². The summed E-state index contributed by atoms with van der Waals surface area (Å²) >= 11 is 0. The first-order valence-corrected chi connectivity index (χ1v) is 13.3. The first-order chi connectivity index (χ1) is 18.9. The van der Waals surface area contributed by atoms with E-state index in [2.05, 4.69) is 4.90 Å². The van der Waals surface area contributed by atoms with Crippen LogP contribution >= 0.6 is 0 Å². The van der Waals surface area contributed by atoms with E-state index in [-0.39, 0.29) is 36.0 Å². The van der Waals surface area contributed by atoms with Crippen molar-refractivity contribution in [2.24, 2.45) is 0 Å². The van der Waals surface area contributed by atoms with Crippen LogP contribution in [0.1, 0.15) is 52.7 Å². The van der Waals surface area contributed by atoms with Gasteiger partial charge in [0.2, 0.25) is 5.78 Å². The molecule has 0 saturated carbocycles. The van der Waals surface area contributed by atoms with E-state index >= 15 is 0 Å². The summed E-state index contributed by atoms with van der Waals surface area (Å²) in [7, 11) is 2.99.